The number of carbonyl (C=O) groups is 1. The first-order chi connectivity index (χ1) is 8.30. The van der Waals surface area contributed by atoms with Crippen LogP contribution in [0.3, 0.4) is 0 Å². The van der Waals surface area contributed by atoms with Gasteiger partial charge in [0, 0.05) is 18.8 Å². The largest absolute Gasteiger partial charge is 0.444 e. The zero-order valence-electron chi connectivity index (χ0n) is 11.3. The van der Waals surface area contributed by atoms with Crippen LogP contribution in [0.25, 0.3) is 0 Å². The van der Waals surface area contributed by atoms with E-state index in [2.05, 4.69) is 15.6 Å². The highest BCUT2D eigenvalue weighted by Gasteiger charge is 2.17. The Bertz CT molecular complexity index is 396. The summed E-state index contributed by atoms with van der Waals surface area (Å²) in [4.78, 5) is 11.5. The molecule has 0 aliphatic carbocycles. The molecule has 0 bridgehead atoms. The summed E-state index contributed by atoms with van der Waals surface area (Å²) in [6.45, 7) is 8.21. The van der Waals surface area contributed by atoms with Crippen LogP contribution < -0.4 is 11.1 Å². The molecule has 1 rings (SSSR count). The van der Waals surface area contributed by atoms with Gasteiger partial charge in [0.2, 0.25) is 0 Å². The Balaban J connectivity index is 2.41. The molecule has 0 radical (unpaired) electrons. The van der Waals surface area contributed by atoms with Crippen molar-refractivity contribution in [1.82, 2.24) is 20.3 Å². The van der Waals surface area contributed by atoms with Crippen molar-refractivity contribution in [2.75, 3.05) is 0 Å². The van der Waals surface area contributed by atoms with Crippen LogP contribution in [0.5, 0.6) is 0 Å². The van der Waals surface area contributed by atoms with Crippen molar-refractivity contribution in [3.63, 3.8) is 0 Å². The normalized spacial score (nSPS) is 13.2. The number of ether oxygens (including phenoxy) is 1. The van der Waals surface area contributed by atoms with Gasteiger partial charge in [0.05, 0.1) is 12.2 Å². The molecule has 1 atom stereocenters. The molecule has 0 saturated heterocycles. The Hall–Kier alpha value is -1.63. The van der Waals surface area contributed by atoms with E-state index in [-0.39, 0.29) is 6.04 Å². The molecule has 1 aromatic rings. The Kier molecular flexibility index (Phi) is 4.66. The molecule has 102 valence electrons. The first kappa shape index (κ1) is 14.4. The molecular formula is C11H21N5O2. The molecule has 0 spiro atoms. The van der Waals surface area contributed by atoms with Crippen LogP contribution in [0.1, 0.15) is 33.4 Å². The van der Waals surface area contributed by atoms with Gasteiger partial charge >= 0.3 is 6.09 Å². The van der Waals surface area contributed by atoms with Crippen LogP contribution in [0.15, 0.2) is 6.20 Å². The van der Waals surface area contributed by atoms with Gasteiger partial charge in [-0.3, -0.25) is 4.68 Å². The van der Waals surface area contributed by atoms with Crippen molar-refractivity contribution in [2.24, 2.45) is 5.73 Å². The summed E-state index contributed by atoms with van der Waals surface area (Å²) in [7, 11) is 0. The standard InChI is InChI=1S/C11H21N5O2/c1-8(13-10(17)18-11(2,3)4)6-16-7-9(5-12)14-15-16/h7-8H,5-6,12H2,1-4H3,(H,13,17)/t8-/m0/s1. The molecule has 0 aliphatic rings. The number of hydrogen-bond acceptors (Lipinski definition) is 5. The van der Waals surface area contributed by atoms with Gasteiger partial charge in [-0.1, -0.05) is 5.21 Å². The molecule has 1 heterocycles. The molecule has 0 aromatic carbocycles. The van der Waals surface area contributed by atoms with Crippen molar-refractivity contribution in [1.29, 1.82) is 0 Å². The Labute approximate surface area is 107 Å². The van der Waals surface area contributed by atoms with Gasteiger partial charge in [0.25, 0.3) is 0 Å². The molecule has 7 heteroatoms. The number of hydrogen-bond donors (Lipinski definition) is 2. The van der Waals surface area contributed by atoms with E-state index in [9.17, 15) is 4.79 Å². The Morgan fingerprint density at radius 1 is 1.61 bits per heavy atom. The molecule has 0 fully saturated rings. The molecule has 0 unspecified atom stereocenters. The second-order valence-electron chi connectivity index (χ2n) is 5.18. The molecule has 0 saturated carbocycles. The minimum Gasteiger partial charge on any atom is -0.444 e. The molecule has 18 heavy (non-hydrogen) atoms. The summed E-state index contributed by atoms with van der Waals surface area (Å²) in [6, 6.07) is -0.104. The van der Waals surface area contributed by atoms with Gasteiger partial charge in [-0.15, -0.1) is 5.10 Å². The average Bonchev–Trinajstić information content (AvgIpc) is 2.61. The van der Waals surface area contributed by atoms with Crippen LogP contribution in [-0.4, -0.2) is 32.7 Å². The number of amides is 1. The fourth-order valence-electron chi connectivity index (χ4n) is 1.36. The summed E-state index contributed by atoms with van der Waals surface area (Å²) in [5.74, 6) is 0. The number of aromatic nitrogens is 3. The van der Waals surface area contributed by atoms with Gasteiger partial charge < -0.3 is 15.8 Å². The maximum atomic E-state index is 11.5. The number of nitrogens with one attached hydrogen (secondary N) is 1. The third kappa shape index (κ3) is 5.13. The van der Waals surface area contributed by atoms with E-state index in [1.807, 2.05) is 27.7 Å². The van der Waals surface area contributed by atoms with Crippen molar-refractivity contribution >= 4 is 6.09 Å². The average molecular weight is 255 g/mol. The van der Waals surface area contributed by atoms with Gasteiger partial charge in [0.15, 0.2) is 0 Å². The zero-order valence-corrected chi connectivity index (χ0v) is 11.3. The zero-order chi connectivity index (χ0) is 13.8. The molecule has 1 aromatic heterocycles. The minimum atomic E-state index is -0.496. The Morgan fingerprint density at radius 2 is 2.28 bits per heavy atom. The maximum absolute atomic E-state index is 11.5. The maximum Gasteiger partial charge on any atom is 0.407 e. The fourth-order valence-corrected chi connectivity index (χ4v) is 1.36. The quantitative estimate of drug-likeness (QED) is 0.823. The van der Waals surface area contributed by atoms with Gasteiger partial charge in [0.1, 0.15) is 5.60 Å². The number of nitrogens with zero attached hydrogens (tertiary/aromatic N) is 3. The van der Waals surface area contributed by atoms with E-state index >= 15 is 0 Å². The van der Waals surface area contributed by atoms with Crippen molar-refractivity contribution in [3.8, 4) is 0 Å². The highest BCUT2D eigenvalue weighted by molar-refractivity contribution is 5.67. The first-order valence-electron chi connectivity index (χ1n) is 5.89. The molecule has 0 aliphatic heterocycles. The predicted octanol–water partition coefficient (Wildman–Crippen LogP) is 0.650. The molecular weight excluding hydrogens is 234 g/mol. The van der Waals surface area contributed by atoms with E-state index in [1.54, 1.807) is 10.9 Å². The smallest absolute Gasteiger partial charge is 0.407 e. The lowest BCUT2D eigenvalue weighted by atomic mass is 10.2. The summed E-state index contributed by atoms with van der Waals surface area (Å²) in [5, 5.41) is 10.5. The van der Waals surface area contributed by atoms with E-state index in [4.69, 9.17) is 10.5 Å². The van der Waals surface area contributed by atoms with Gasteiger partial charge in [-0.25, -0.2) is 4.79 Å². The SMILES string of the molecule is C[C@@H](Cn1cc(CN)nn1)NC(=O)OC(C)(C)C. The molecule has 3 N–H and O–H groups in total. The van der Waals surface area contributed by atoms with E-state index in [1.165, 1.54) is 0 Å². The number of nitrogens with two attached hydrogens (primary N) is 1. The summed E-state index contributed by atoms with van der Waals surface area (Å²) >= 11 is 0. The third-order valence-corrected chi connectivity index (χ3v) is 2.02. The third-order valence-electron chi connectivity index (χ3n) is 2.02. The van der Waals surface area contributed by atoms with Crippen molar-refractivity contribution in [2.45, 2.75) is 52.4 Å². The lowest BCUT2D eigenvalue weighted by Gasteiger charge is -2.21. The van der Waals surface area contributed by atoms with Crippen LogP contribution in [0, 0.1) is 0 Å². The van der Waals surface area contributed by atoms with Crippen molar-refractivity contribution in [3.05, 3.63) is 11.9 Å². The highest BCUT2D eigenvalue weighted by atomic mass is 16.6. The number of alkyl carbamates (subject to hydrolysis) is 1. The van der Waals surface area contributed by atoms with Crippen LogP contribution in [0.4, 0.5) is 4.79 Å². The van der Waals surface area contributed by atoms with E-state index in [0.29, 0.717) is 13.1 Å². The Morgan fingerprint density at radius 3 is 2.78 bits per heavy atom. The fraction of sp³-hybridized carbons (Fsp3) is 0.727. The number of rotatable bonds is 4. The second-order valence-corrected chi connectivity index (χ2v) is 5.18. The van der Waals surface area contributed by atoms with Crippen LogP contribution in [0.2, 0.25) is 0 Å². The minimum absolute atomic E-state index is 0.104. The first-order valence-corrected chi connectivity index (χ1v) is 5.89. The van der Waals surface area contributed by atoms with Crippen molar-refractivity contribution < 1.29 is 9.53 Å². The topological polar surface area (TPSA) is 95.1 Å². The monoisotopic (exact) mass is 255 g/mol. The lowest BCUT2D eigenvalue weighted by Crippen LogP contribution is -2.39. The summed E-state index contributed by atoms with van der Waals surface area (Å²) < 4.78 is 6.80. The second kappa shape index (κ2) is 5.81. The molecule has 7 nitrogen and oxygen atoms in total. The lowest BCUT2D eigenvalue weighted by molar-refractivity contribution is 0.0503. The predicted molar refractivity (Wildman–Crippen MR) is 66.7 cm³/mol. The van der Waals surface area contributed by atoms with Crippen LogP contribution >= 0.6 is 0 Å². The van der Waals surface area contributed by atoms with Gasteiger partial charge in [-0.05, 0) is 27.7 Å². The summed E-state index contributed by atoms with van der Waals surface area (Å²) in [6.07, 6.45) is 1.32. The molecule has 1 amide bonds. The highest BCUT2D eigenvalue weighted by Crippen LogP contribution is 2.06. The summed E-state index contributed by atoms with van der Waals surface area (Å²) in [5.41, 5.74) is 5.66. The van der Waals surface area contributed by atoms with E-state index in [0.717, 1.165) is 5.69 Å². The van der Waals surface area contributed by atoms with Crippen LogP contribution in [-0.2, 0) is 17.8 Å². The van der Waals surface area contributed by atoms with E-state index < -0.39 is 11.7 Å². The number of carbonyl (C=O) groups excluding carboxylic acids is 1. The van der Waals surface area contributed by atoms with Gasteiger partial charge in [-0.2, -0.15) is 0 Å².